The van der Waals surface area contributed by atoms with Gasteiger partial charge in [0, 0.05) is 36.7 Å². The maximum Gasteiger partial charge on any atom is 0.247 e. The van der Waals surface area contributed by atoms with Gasteiger partial charge in [0.15, 0.2) is 0 Å². The Morgan fingerprint density at radius 3 is 1.92 bits per heavy atom. The van der Waals surface area contributed by atoms with E-state index in [1.165, 1.54) is 18.6 Å². The van der Waals surface area contributed by atoms with E-state index in [0.29, 0.717) is 31.7 Å². The molecule has 4 aromatic rings. The Labute approximate surface area is 311 Å². The van der Waals surface area contributed by atoms with E-state index in [0.717, 1.165) is 79.8 Å². The quantitative estimate of drug-likeness (QED) is 0.148. The summed E-state index contributed by atoms with van der Waals surface area (Å²) in [7, 11) is 0. The molecule has 53 heavy (non-hydrogen) atoms. The number of carbonyl (C=O) groups excluding carboxylic acids is 3. The number of hydrogen-bond acceptors (Lipinski definition) is 6. The van der Waals surface area contributed by atoms with Crippen LogP contribution < -0.4 is 20.9 Å². The summed E-state index contributed by atoms with van der Waals surface area (Å²) < 4.78 is 13.9. The van der Waals surface area contributed by atoms with Crippen molar-refractivity contribution >= 4 is 34.8 Å². The number of amides is 3. The van der Waals surface area contributed by atoms with Crippen molar-refractivity contribution in [3.63, 3.8) is 0 Å². The lowest BCUT2D eigenvalue weighted by atomic mass is 10.00. The van der Waals surface area contributed by atoms with Crippen LogP contribution in [0.3, 0.4) is 0 Å². The van der Waals surface area contributed by atoms with Crippen molar-refractivity contribution in [2.75, 3.05) is 41.7 Å². The second kappa shape index (κ2) is 17.2. The lowest BCUT2D eigenvalue weighted by molar-refractivity contribution is -0.142. The Morgan fingerprint density at radius 1 is 0.698 bits per heavy atom. The van der Waals surface area contributed by atoms with Crippen LogP contribution in [-0.2, 0) is 27.5 Å². The zero-order valence-corrected chi connectivity index (χ0v) is 30.2. The summed E-state index contributed by atoms with van der Waals surface area (Å²) in [6, 6.07) is 31.0. The van der Waals surface area contributed by atoms with E-state index in [4.69, 9.17) is 0 Å². The van der Waals surface area contributed by atoms with Crippen molar-refractivity contribution in [2.45, 2.75) is 76.2 Å². The first-order valence-corrected chi connectivity index (χ1v) is 19.0. The van der Waals surface area contributed by atoms with Gasteiger partial charge in [-0.1, -0.05) is 61.0 Å². The van der Waals surface area contributed by atoms with E-state index in [1.807, 2.05) is 78.9 Å². The van der Waals surface area contributed by atoms with Gasteiger partial charge in [-0.15, -0.1) is 0 Å². The molecule has 3 aliphatic heterocycles. The van der Waals surface area contributed by atoms with Gasteiger partial charge < -0.3 is 25.8 Å². The van der Waals surface area contributed by atoms with Gasteiger partial charge in [0.25, 0.3) is 0 Å². The van der Waals surface area contributed by atoms with E-state index in [-0.39, 0.29) is 35.6 Å². The molecule has 3 amide bonds. The summed E-state index contributed by atoms with van der Waals surface area (Å²) in [5, 5.41) is 9.32. The first-order chi connectivity index (χ1) is 25.9. The van der Waals surface area contributed by atoms with Gasteiger partial charge in [0.1, 0.15) is 17.9 Å². The maximum absolute atomic E-state index is 14.2. The lowest BCUT2D eigenvalue weighted by Crippen LogP contribution is -2.49. The largest absolute Gasteiger partial charge is 0.363 e. The Balaban J connectivity index is 1.00. The molecule has 3 N–H and O–H groups in total. The highest BCUT2D eigenvalue weighted by atomic mass is 19.1. The van der Waals surface area contributed by atoms with Crippen LogP contribution in [0.4, 0.5) is 21.5 Å². The third-order valence-electron chi connectivity index (χ3n) is 10.7. The second-order valence-corrected chi connectivity index (χ2v) is 14.5. The number of nitrogens with zero attached hydrogens (tertiary/aromatic N) is 3. The Bertz CT molecular complexity index is 1830. The average molecular weight is 717 g/mol. The molecule has 0 bridgehead atoms. The molecular weight excluding hydrogens is 668 g/mol. The molecule has 10 heteroatoms. The van der Waals surface area contributed by atoms with Crippen LogP contribution in [0.5, 0.6) is 0 Å². The van der Waals surface area contributed by atoms with E-state index in [2.05, 4.69) is 25.8 Å². The molecule has 3 heterocycles. The van der Waals surface area contributed by atoms with E-state index in [1.54, 1.807) is 17.0 Å². The number of halogens is 1. The molecule has 1 unspecified atom stereocenters. The molecule has 276 valence electrons. The summed E-state index contributed by atoms with van der Waals surface area (Å²) in [4.78, 5) is 46.7. The van der Waals surface area contributed by atoms with E-state index >= 15 is 0 Å². The smallest absolute Gasteiger partial charge is 0.247 e. The zero-order chi connectivity index (χ0) is 36.6. The third-order valence-corrected chi connectivity index (χ3v) is 10.7. The minimum atomic E-state index is -0.522. The van der Waals surface area contributed by atoms with Gasteiger partial charge in [-0.25, -0.2) is 4.39 Å². The molecule has 0 radical (unpaired) electrons. The number of rotatable bonds is 12. The number of piperidine rings is 1. The number of anilines is 3. The minimum absolute atomic E-state index is 0.00717. The van der Waals surface area contributed by atoms with Gasteiger partial charge in [-0.3, -0.25) is 19.3 Å². The monoisotopic (exact) mass is 716 g/mol. The van der Waals surface area contributed by atoms with Gasteiger partial charge >= 0.3 is 0 Å². The van der Waals surface area contributed by atoms with Crippen LogP contribution in [0.1, 0.15) is 67.7 Å². The predicted octanol–water partition coefficient (Wildman–Crippen LogP) is 6.88. The molecule has 3 aliphatic rings. The van der Waals surface area contributed by atoms with Crippen LogP contribution in [0.2, 0.25) is 0 Å². The molecular formula is C43H49FN6O3. The molecule has 0 aliphatic carbocycles. The van der Waals surface area contributed by atoms with Crippen LogP contribution in [-0.4, -0.2) is 65.8 Å². The van der Waals surface area contributed by atoms with Crippen molar-refractivity contribution in [3.8, 4) is 0 Å². The number of likely N-dealkylation sites (tertiary alicyclic amines) is 2. The molecule has 0 spiro atoms. The SMILES string of the molecule is O=C(Nc1ccc(CN(Cc2ccc(NC(=O)[C@@H]3CCCN3)cc2)c2ccc(F)cc2)cc1)C1CCCN1C(=O)[C@@H](c1ccccc1)N1CCCCC1. The van der Waals surface area contributed by atoms with Crippen LogP contribution in [0.15, 0.2) is 103 Å². The molecule has 0 saturated carbocycles. The molecule has 0 aromatic heterocycles. The van der Waals surface area contributed by atoms with Gasteiger partial charge in [-0.05, 0) is 123 Å². The first kappa shape index (κ1) is 36.3. The summed E-state index contributed by atoms with van der Waals surface area (Å²) in [6.07, 6.45) is 6.60. The minimum Gasteiger partial charge on any atom is -0.363 e. The van der Waals surface area contributed by atoms with Gasteiger partial charge in [0.2, 0.25) is 17.7 Å². The highest BCUT2D eigenvalue weighted by Gasteiger charge is 2.40. The van der Waals surface area contributed by atoms with Crippen molar-refractivity contribution in [3.05, 3.63) is 126 Å². The maximum atomic E-state index is 14.2. The molecule has 3 fully saturated rings. The Hall–Kier alpha value is -5.06. The molecule has 3 atom stereocenters. The number of hydrogen-bond donors (Lipinski definition) is 3. The second-order valence-electron chi connectivity index (χ2n) is 14.5. The standard InChI is InChI=1S/C43H49FN6O3/c44-34-17-23-37(24-18-34)49(29-31-13-19-35(20-14-31)46-41(51)38-11-7-25-45-38)30-32-15-21-36(22-16-32)47-42(52)39-12-8-28-50(39)43(53)40(33-9-3-1-4-10-33)48-26-5-2-6-27-48/h1,3-4,9-10,13-24,38-40,45H,2,5-8,11-12,25-30H2,(H,46,51)(H,47,52)/t38-,39?,40+/m0/s1. The first-order valence-electron chi connectivity index (χ1n) is 19.0. The lowest BCUT2D eigenvalue weighted by Gasteiger charge is -2.37. The van der Waals surface area contributed by atoms with E-state index in [9.17, 15) is 18.8 Å². The normalized spacial score (nSPS) is 19.5. The summed E-state index contributed by atoms with van der Waals surface area (Å²) in [5.41, 5.74) is 5.34. The van der Waals surface area contributed by atoms with Crippen molar-refractivity contribution in [1.29, 1.82) is 0 Å². The van der Waals surface area contributed by atoms with Crippen molar-refractivity contribution in [1.82, 2.24) is 15.1 Å². The van der Waals surface area contributed by atoms with Gasteiger partial charge in [0.05, 0.1) is 6.04 Å². The molecule has 3 saturated heterocycles. The summed E-state index contributed by atoms with van der Waals surface area (Å²) in [5.74, 6) is -0.467. The van der Waals surface area contributed by atoms with Gasteiger partial charge in [-0.2, -0.15) is 0 Å². The molecule has 7 rings (SSSR count). The number of carbonyl (C=O) groups is 3. The fraction of sp³-hybridized carbons (Fsp3) is 0.372. The summed E-state index contributed by atoms with van der Waals surface area (Å²) in [6.45, 7) is 4.31. The predicted molar refractivity (Wildman–Crippen MR) is 207 cm³/mol. The highest BCUT2D eigenvalue weighted by molar-refractivity contribution is 5.98. The highest BCUT2D eigenvalue weighted by Crippen LogP contribution is 2.31. The van der Waals surface area contributed by atoms with Crippen LogP contribution in [0.25, 0.3) is 0 Å². The average Bonchev–Trinajstić information content (AvgIpc) is 3.92. The zero-order valence-electron chi connectivity index (χ0n) is 30.2. The van der Waals surface area contributed by atoms with Crippen molar-refractivity contribution in [2.24, 2.45) is 0 Å². The Morgan fingerprint density at radius 2 is 1.32 bits per heavy atom. The fourth-order valence-electron chi connectivity index (χ4n) is 7.86. The van der Waals surface area contributed by atoms with Crippen LogP contribution >= 0.6 is 0 Å². The third kappa shape index (κ3) is 9.12. The molecule has 9 nitrogen and oxygen atoms in total. The van der Waals surface area contributed by atoms with E-state index < -0.39 is 6.04 Å². The molecule has 4 aromatic carbocycles. The number of nitrogens with one attached hydrogen (secondary N) is 3. The Kier molecular flexibility index (Phi) is 11.8. The fourth-order valence-corrected chi connectivity index (χ4v) is 7.86. The number of benzene rings is 4. The topological polar surface area (TPSA) is 97.0 Å². The summed E-state index contributed by atoms with van der Waals surface area (Å²) >= 11 is 0. The van der Waals surface area contributed by atoms with Crippen molar-refractivity contribution < 1.29 is 18.8 Å². The van der Waals surface area contributed by atoms with Crippen LogP contribution in [0, 0.1) is 5.82 Å².